The average molecular weight is 271 g/mol. The maximum Gasteiger partial charge on any atom is 0.416 e. The summed E-state index contributed by atoms with van der Waals surface area (Å²) in [4.78, 5) is 0. The molecule has 1 fully saturated rings. The summed E-state index contributed by atoms with van der Waals surface area (Å²) in [5, 5.41) is 0. The molecule has 2 rings (SSSR count). The Balaban J connectivity index is 2.35. The molecular formula is C15H20F3N. The summed E-state index contributed by atoms with van der Waals surface area (Å²) in [5.74, 6) is 0.528. The van der Waals surface area contributed by atoms with Crippen molar-refractivity contribution >= 4 is 0 Å². The molecule has 1 aliphatic rings. The number of benzene rings is 1. The van der Waals surface area contributed by atoms with E-state index in [2.05, 4.69) is 6.92 Å². The molecule has 0 heterocycles. The van der Waals surface area contributed by atoms with Gasteiger partial charge in [-0.15, -0.1) is 0 Å². The van der Waals surface area contributed by atoms with E-state index in [1.54, 1.807) is 13.0 Å². The molecule has 0 amide bonds. The predicted octanol–water partition coefficient (Wildman–Crippen LogP) is 4.38. The average Bonchev–Trinajstić information content (AvgIpc) is 2.26. The van der Waals surface area contributed by atoms with Crippen LogP contribution in [-0.2, 0) is 11.7 Å². The topological polar surface area (TPSA) is 26.0 Å². The van der Waals surface area contributed by atoms with Gasteiger partial charge >= 0.3 is 6.18 Å². The first-order valence-electron chi connectivity index (χ1n) is 6.69. The van der Waals surface area contributed by atoms with E-state index >= 15 is 0 Å². The van der Waals surface area contributed by atoms with Crippen LogP contribution >= 0.6 is 0 Å². The predicted molar refractivity (Wildman–Crippen MR) is 69.7 cm³/mol. The van der Waals surface area contributed by atoms with Gasteiger partial charge in [-0.3, -0.25) is 0 Å². The third kappa shape index (κ3) is 2.94. The van der Waals surface area contributed by atoms with Gasteiger partial charge in [-0.05, 0) is 48.9 Å². The number of hydrogen-bond acceptors (Lipinski definition) is 1. The van der Waals surface area contributed by atoms with E-state index in [0.29, 0.717) is 11.5 Å². The lowest BCUT2D eigenvalue weighted by Crippen LogP contribution is -2.41. The fraction of sp³-hybridized carbons (Fsp3) is 0.600. The fourth-order valence-corrected chi connectivity index (χ4v) is 3.24. The number of nitrogens with two attached hydrogens (primary N) is 1. The van der Waals surface area contributed by atoms with Crippen LogP contribution in [0, 0.1) is 12.8 Å². The minimum absolute atomic E-state index is 0.466. The Bertz CT molecular complexity index is 467. The van der Waals surface area contributed by atoms with E-state index in [0.717, 1.165) is 37.3 Å². The SMILES string of the molecule is Cc1cc(C(F)(F)F)ccc1C1(N)CCCC(C)C1. The van der Waals surface area contributed by atoms with Crippen molar-refractivity contribution in [3.63, 3.8) is 0 Å². The molecule has 1 nitrogen and oxygen atoms in total. The van der Waals surface area contributed by atoms with Gasteiger partial charge in [0, 0.05) is 5.54 Å². The zero-order valence-corrected chi connectivity index (χ0v) is 11.3. The highest BCUT2D eigenvalue weighted by molar-refractivity contribution is 5.37. The normalized spacial score (nSPS) is 28.4. The van der Waals surface area contributed by atoms with Crippen LogP contribution in [-0.4, -0.2) is 0 Å². The summed E-state index contributed by atoms with van der Waals surface area (Å²) in [6.07, 6.45) is -0.398. The largest absolute Gasteiger partial charge is 0.416 e. The third-order valence-corrected chi connectivity index (χ3v) is 4.12. The molecule has 19 heavy (non-hydrogen) atoms. The first-order valence-corrected chi connectivity index (χ1v) is 6.69. The molecule has 106 valence electrons. The van der Waals surface area contributed by atoms with Crippen LogP contribution in [0.15, 0.2) is 18.2 Å². The monoisotopic (exact) mass is 271 g/mol. The van der Waals surface area contributed by atoms with E-state index in [-0.39, 0.29) is 0 Å². The van der Waals surface area contributed by atoms with Crippen molar-refractivity contribution in [3.05, 3.63) is 34.9 Å². The minimum atomic E-state index is -4.29. The lowest BCUT2D eigenvalue weighted by molar-refractivity contribution is -0.137. The maximum atomic E-state index is 12.7. The van der Waals surface area contributed by atoms with Crippen molar-refractivity contribution in [2.24, 2.45) is 11.7 Å². The second kappa shape index (κ2) is 4.82. The van der Waals surface area contributed by atoms with Crippen molar-refractivity contribution < 1.29 is 13.2 Å². The standard InChI is InChI=1S/C15H20F3N/c1-10-4-3-7-14(19,9-10)13-6-5-12(8-11(13)2)15(16,17)18/h5-6,8,10H,3-4,7,9,19H2,1-2H3. The Morgan fingerprint density at radius 3 is 2.53 bits per heavy atom. The quantitative estimate of drug-likeness (QED) is 0.806. The number of aryl methyl sites for hydroxylation is 1. The zero-order chi connectivity index (χ0) is 14.3. The minimum Gasteiger partial charge on any atom is -0.321 e. The van der Waals surface area contributed by atoms with Crippen LogP contribution in [0.3, 0.4) is 0 Å². The van der Waals surface area contributed by atoms with Crippen molar-refractivity contribution in [3.8, 4) is 0 Å². The van der Waals surface area contributed by atoms with E-state index in [1.165, 1.54) is 6.07 Å². The number of halogens is 3. The zero-order valence-electron chi connectivity index (χ0n) is 11.3. The van der Waals surface area contributed by atoms with Gasteiger partial charge in [-0.2, -0.15) is 13.2 Å². The molecular weight excluding hydrogens is 251 g/mol. The van der Waals surface area contributed by atoms with E-state index in [9.17, 15) is 13.2 Å². The highest BCUT2D eigenvalue weighted by Gasteiger charge is 2.36. The van der Waals surface area contributed by atoms with Gasteiger partial charge in [0.2, 0.25) is 0 Å². The molecule has 0 radical (unpaired) electrons. The second-order valence-electron chi connectivity index (χ2n) is 5.89. The molecule has 0 bridgehead atoms. The van der Waals surface area contributed by atoms with E-state index < -0.39 is 17.3 Å². The Morgan fingerprint density at radius 2 is 2.00 bits per heavy atom. The molecule has 1 aromatic carbocycles. The second-order valence-corrected chi connectivity index (χ2v) is 5.89. The van der Waals surface area contributed by atoms with Gasteiger partial charge in [0.1, 0.15) is 0 Å². The molecule has 1 aliphatic carbocycles. The smallest absolute Gasteiger partial charge is 0.321 e. The summed E-state index contributed by atoms with van der Waals surface area (Å²) in [6, 6.07) is 3.93. The van der Waals surface area contributed by atoms with Gasteiger partial charge in [-0.1, -0.05) is 25.8 Å². The van der Waals surface area contributed by atoms with E-state index in [1.807, 2.05) is 0 Å². The molecule has 1 aromatic rings. The van der Waals surface area contributed by atoms with Gasteiger partial charge in [0.05, 0.1) is 5.56 Å². The summed E-state index contributed by atoms with van der Waals surface area (Å²) in [6.45, 7) is 3.87. The molecule has 2 N–H and O–H groups in total. The summed E-state index contributed by atoms with van der Waals surface area (Å²) in [7, 11) is 0. The molecule has 1 saturated carbocycles. The van der Waals surface area contributed by atoms with Crippen molar-refractivity contribution in [1.82, 2.24) is 0 Å². The van der Waals surface area contributed by atoms with Crippen LogP contribution < -0.4 is 5.73 Å². The number of rotatable bonds is 1. The lowest BCUT2D eigenvalue weighted by atomic mass is 9.72. The Labute approximate surface area is 112 Å². The van der Waals surface area contributed by atoms with Gasteiger partial charge in [0.25, 0.3) is 0 Å². The summed E-state index contributed by atoms with van der Waals surface area (Å²) < 4.78 is 38.0. The molecule has 0 spiro atoms. The molecule has 2 atom stereocenters. The molecule has 0 saturated heterocycles. The molecule has 4 heteroatoms. The molecule has 0 aromatic heterocycles. The summed E-state index contributed by atoms with van der Waals surface area (Å²) in [5.41, 5.74) is 6.90. The fourth-order valence-electron chi connectivity index (χ4n) is 3.24. The molecule has 2 unspecified atom stereocenters. The molecule has 0 aliphatic heterocycles. The Kier molecular flexibility index (Phi) is 3.65. The Hall–Kier alpha value is -1.03. The van der Waals surface area contributed by atoms with E-state index in [4.69, 9.17) is 5.73 Å². The third-order valence-electron chi connectivity index (χ3n) is 4.12. The first-order chi connectivity index (χ1) is 8.72. The highest BCUT2D eigenvalue weighted by Crippen LogP contribution is 2.40. The number of hydrogen-bond donors (Lipinski definition) is 1. The van der Waals surface area contributed by atoms with Crippen LogP contribution in [0.25, 0.3) is 0 Å². The van der Waals surface area contributed by atoms with Crippen molar-refractivity contribution in [1.29, 1.82) is 0 Å². The lowest BCUT2D eigenvalue weighted by Gasteiger charge is -2.38. The van der Waals surface area contributed by atoms with Gasteiger partial charge in [-0.25, -0.2) is 0 Å². The van der Waals surface area contributed by atoms with Crippen LogP contribution in [0.1, 0.15) is 49.3 Å². The van der Waals surface area contributed by atoms with Gasteiger partial charge < -0.3 is 5.73 Å². The Morgan fingerprint density at radius 1 is 1.32 bits per heavy atom. The van der Waals surface area contributed by atoms with Crippen molar-refractivity contribution in [2.45, 2.75) is 51.2 Å². The van der Waals surface area contributed by atoms with Crippen molar-refractivity contribution in [2.75, 3.05) is 0 Å². The van der Waals surface area contributed by atoms with Crippen LogP contribution in [0.4, 0.5) is 13.2 Å². The van der Waals surface area contributed by atoms with Crippen LogP contribution in [0.5, 0.6) is 0 Å². The highest BCUT2D eigenvalue weighted by atomic mass is 19.4. The first kappa shape index (κ1) is 14.4. The van der Waals surface area contributed by atoms with Gasteiger partial charge in [0.15, 0.2) is 0 Å². The van der Waals surface area contributed by atoms with Crippen LogP contribution in [0.2, 0.25) is 0 Å². The maximum absolute atomic E-state index is 12.7. The number of alkyl halides is 3. The summed E-state index contributed by atoms with van der Waals surface area (Å²) >= 11 is 0.